The molecule has 1 saturated carbocycles. The first-order valence-electron chi connectivity index (χ1n) is 9.11. The topological polar surface area (TPSA) is 32.3 Å². The third-order valence-corrected chi connectivity index (χ3v) is 5.20. The first kappa shape index (κ1) is 16.8. The maximum Gasteiger partial charge on any atom is 0.241 e. The second-order valence-corrected chi connectivity index (χ2v) is 7.67. The zero-order valence-corrected chi connectivity index (χ0v) is 14.4. The van der Waals surface area contributed by atoms with Crippen molar-refractivity contribution < 1.29 is 4.79 Å². The molecular formula is C18H34N2O. The highest BCUT2D eigenvalue weighted by Gasteiger charge is 2.42. The first-order chi connectivity index (χ1) is 10.0. The van der Waals surface area contributed by atoms with Gasteiger partial charge in [-0.1, -0.05) is 40.5 Å². The molecule has 1 amide bonds. The molecular weight excluding hydrogens is 260 g/mol. The summed E-state index contributed by atoms with van der Waals surface area (Å²) in [4.78, 5) is 15.1. The van der Waals surface area contributed by atoms with Crippen molar-refractivity contribution in [2.24, 2.45) is 11.8 Å². The Morgan fingerprint density at radius 2 is 1.90 bits per heavy atom. The molecule has 0 bridgehead atoms. The molecule has 3 nitrogen and oxygen atoms in total. The smallest absolute Gasteiger partial charge is 0.241 e. The van der Waals surface area contributed by atoms with Crippen molar-refractivity contribution in [1.29, 1.82) is 0 Å². The minimum atomic E-state index is 0.0769. The second kappa shape index (κ2) is 7.62. The summed E-state index contributed by atoms with van der Waals surface area (Å²) in [6, 6.07) is 0.560. The lowest BCUT2D eigenvalue weighted by molar-refractivity contribution is -0.133. The van der Waals surface area contributed by atoms with Gasteiger partial charge in [-0.15, -0.1) is 0 Å². The van der Waals surface area contributed by atoms with Crippen LogP contribution in [0.3, 0.4) is 0 Å². The van der Waals surface area contributed by atoms with E-state index in [1.54, 1.807) is 0 Å². The summed E-state index contributed by atoms with van der Waals surface area (Å²) in [5.74, 6) is 1.85. The minimum Gasteiger partial charge on any atom is -0.323 e. The molecule has 0 radical (unpaired) electrons. The number of rotatable bonds is 6. The Morgan fingerprint density at radius 1 is 1.24 bits per heavy atom. The average Bonchev–Trinajstić information content (AvgIpc) is 2.73. The van der Waals surface area contributed by atoms with Gasteiger partial charge in [-0.3, -0.25) is 10.1 Å². The van der Waals surface area contributed by atoms with Crippen molar-refractivity contribution in [2.75, 3.05) is 0 Å². The van der Waals surface area contributed by atoms with E-state index >= 15 is 0 Å². The zero-order chi connectivity index (χ0) is 15.4. The van der Waals surface area contributed by atoms with Gasteiger partial charge in [-0.25, -0.2) is 0 Å². The quantitative estimate of drug-likeness (QED) is 0.805. The number of nitrogens with one attached hydrogen (secondary N) is 1. The molecule has 0 aromatic heterocycles. The van der Waals surface area contributed by atoms with Crippen LogP contribution in [0.25, 0.3) is 0 Å². The van der Waals surface area contributed by atoms with Crippen molar-refractivity contribution in [3.63, 3.8) is 0 Å². The first-order valence-corrected chi connectivity index (χ1v) is 9.11. The lowest BCUT2D eigenvalue weighted by Gasteiger charge is -2.37. The van der Waals surface area contributed by atoms with Gasteiger partial charge < -0.3 is 4.90 Å². The van der Waals surface area contributed by atoms with Gasteiger partial charge in [0.15, 0.2) is 0 Å². The molecule has 1 aliphatic heterocycles. The van der Waals surface area contributed by atoms with Gasteiger partial charge in [0.1, 0.15) is 0 Å². The number of hydrogen-bond acceptors (Lipinski definition) is 2. The predicted octanol–water partition coefficient (Wildman–Crippen LogP) is 3.93. The molecule has 2 fully saturated rings. The minimum absolute atomic E-state index is 0.0769. The van der Waals surface area contributed by atoms with Crippen LogP contribution < -0.4 is 5.32 Å². The molecule has 1 aliphatic carbocycles. The lowest BCUT2D eigenvalue weighted by atomic mass is 9.86. The largest absolute Gasteiger partial charge is 0.323 e. The van der Waals surface area contributed by atoms with E-state index in [1.165, 1.54) is 32.1 Å². The molecule has 3 heteroatoms. The summed E-state index contributed by atoms with van der Waals surface area (Å²) in [7, 11) is 0. The van der Waals surface area contributed by atoms with Gasteiger partial charge in [0, 0.05) is 6.04 Å². The highest BCUT2D eigenvalue weighted by atomic mass is 16.2. The monoisotopic (exact) mass is 294 g/mol. The van der Waals surface area contributed by atoms with E-state index < -0.39 is 0 Å². The van der Waals surface area contributed by atoms with Crippen LogP contribution in [0, 0.1) is 11.8 Å². The van der Waals surface area contributed by atoms with Gasteiger partial charge in [0.2, 0.25) is 5.91 Å². The van der Waals surface area contributed by atoms with E-state index in [0.29, 0.717) is 17.9 Å². The second-order valence-electron chi connectivity index (χ2n) is 7.67. The van der Waals surface area contributed by atoms with Crippen molar-refractivity contribution in [3.05, 3.63) is 0 Å². The Balaban J connectivity index is 2.04. The number of amides is 1. The number of hydrogen-bond donors (Lipinski definition) is 1. The molecule has 122 valence electrons. The highest BCUT2D eigenvalue weighted by Crippen LogP contribution is 2.32. The van der Waals surface area contributed by atoms with E-state index in [1.807, 2.05) is 0 Å². The van der Waals surface area contributed by atoms with Crippen LogP contribution in [-0.2, 0) is 4.79 Å². The zero-order valence-electron chi connectivity index (χ0n) is 14.4. The summed E-state index contributed by atoms with van der Waals surface area (Å²) in [6.45, 7) is 9.06. The van der Waals surface area contributed by atoms with E-state index in [0.717, 1.165) is 25.2 Å². The van der Waals surface area contributed by atoms with Crippen LogP contribution in [0.2, 0.25) is 0 Å². The predicted molar refractivity (Wildman–Crippen MR) is 88.0 cm³/mol. The number of unbranched alkanes of at least 4 members (excludes halogenated alkanes) is 1. The molecule has 1 heterocycles. The van der Waals surface area contributed by atoms with Crippen LogP contribution in [0.4, 0.5) is 0 Å². The summed E-state index contributed by atoms with van der Waals surface area (Å²) in [6.07, 6.45) is 9.63. The summed E-state index contributed by atoms with van der Waals surface area (Å²) < 4.78 is 0. The fourth-order valence-corrected chi connectivity index (χ4v) is 3.92. The van der Waals surface area contributed by atoms with Crippen molar-refractivity contribution in [2.45, 2.75) is 97.3 Å². The summed E-state index contributed by atoms with van der Waals surface area (Å²) in [5.41, 5.74) is 0. The normalized spacial score (nSPS) is 34.0. The molecule has 0 aromatic rings. The molecule has 2 atom stereocenters. The Morgan fingerprint density at radius 3 is 2.48 bits per heavy atom. The van der Waals surface area contributed by atoms with Crippen LogP contribution in [0.5, 0.6) is 0 Å². The van der Waals surface area contributed by atoms with E-state index in [2.05, 4.69) is 37.9 Å². The Hall–Kier alpha value is -0.570. The molecule has 1 N–H and O–H groups in total. The number of nitrogens with zero attached hydrogens (tertiary/aromatic N) is 1. The fourth-order valence-electron chi connectivity index (χ4n) is 3.92. The Bertz CT molecular complexity index is 334. The van der Waals surface area contributed by atoms with Crippen LogP contribution in [0.15, 0.2) is 0 Å². The summed E-state index contributed by atoms with van der Waals surface area (Å²) >= 11 is 0. The maximum absolute atomic E-state index is 12.8. The molecule has 2 rings (SSSR count). The third kappa shape index (κ3) is 4.21. The maximum atomic E-state index is 12.8. The Labute approximate surface area is 130 Å². The van der Waals surface area contributed by atoms with Gasteiger partial charge in [0.25, 0.3) is 0 Å². The number of carbonyl (C=O) groups is 1. The number of carbonyl (C=O) groups excluding carboxylic acids is 1. The highest BCUT2D eigenvalue weighted by molar-refractivity contribution is 5.84. The standard InChI is InChI=1S/C18H34N2O/c1-5-6-7-16-18(21)20(17(19-16)12-13(2)3)15-10-8-14(4)9-11-15/h13-17,19H,5-12H2,1-4H3. The van der Waals surface area contributed by atoms with E-state index in [9.17, 15) is 4.79 Å². The molecule has 2 unspecified atom stereocenters. The third-order valence-electron chi connectivity index (χ3n) is 5.20. The van der Waals surface area contributed by atoms with Crippen LogP contribution >= 0.6 is 0 Å². The molecule has 1 saturated heterocycles. The SMILES string of the molecule is CCCCC1NC(CC(C)C)N(C2CCC(C)CC2)C1=O. The average molecular weight is 294 g/mol. The van der Waals surface area contributed by atoms with Crippen LogP contribution in [0.1, 0.15) is 79.1 Å². The van der Waals surface area contributed by atoms with Gasteiger partial charge in [-0.05, 0) is 50.4 Å². The molecule has 0 aromatic carbocycles. The van der Waals surface area contributed by atoms with Crippen molar-refractivity contribution in [1.82, 2.24) is 10.2 Å². The van der Waals surface area contributed by atoms with E-state index in [-0.39, 0.29) is 12.2 Å². The van der Waals surface area contributed by atoms with Gasteiger partial charge in [-0.2, -0.15) is 0 Å². The van der Waals surface area contributed by atoms with E-state index in [4.69, 9.17) is 0 Å². The van der Waals surface area contributed by atoms with Gasteiger partial charge >= 0.3 is 0 Å². The molecule has 2 aliphatic rings. The van der Waals surface area contributed by atoms with Gasteiger partial charge in [0.05, 0.1) is 12.2 Å². The van der Waals surface area contributed by atoms with Crippen molar-refractivity contribution in [3.8, 4) is 0 Å². The molecule has 0 spiro atoms. The lowest BCUT2D eigenvalue weighted by Crippen LogP contribution is -2.46. The summed E-state index contributed by atoms with van der Waals surface area (Å²) in [5, 5.41) is 3.64. The van der Waals surface area contributed by atoms with Crippen LogP contribution in [-0.4, -0.2) is 29.1 Å². The van der Waals surface area contributed by atoms with Crippen molar-refractivity contribution >= 4 is 5.91 Å². The Kier molecular flexibility index (Phi) is 6.09. The fraction of sp³-hybridized carbons (Fsp3) is 0.944. The molecule has 21 heavy (non-hydrogen) atoms.